The maximum absolute atomic E-state index is 3.65. The van der Waals surface area contributed by atoms with E-state index in [2.05, 4.69) is 74.4 Å². The molecule has 0 aliphatic heterocycles. The molecule has 0 spiro atoms. The summed E-state index contributed by atoms with van der Waals surface area (Å²) in [5.74, 6) is 0. The van der Waals surface area contributed by atoms with Gasteiger partial charge < -0.3 is 5.32 Å². The largest absolute Gasteiger partial charge is 0.312 e. The molecule has 0 amide bonds. The number of nitrogens with one attached hydrogen (secondary N) is 1. The Morgan fingerprint density at radius 1 is 1.28 bits per heavy atom. The molecule has 96 valence electrons. The van der Waals surface area contributed by atoms with E-state index in [0.717, 1.165) is 10.9 Å². The van der Waals surface area contributed by atoms with Gasteiger partial charge in [-0.1, -0.05) is 28.1 Å². The second-order valence-electron chi connectivity index (χ2n) is 4.24. The van der Waals surface area contributed by atoms with Gasteiger partial charge >= 0.3 is 0 Å². The Bertz CT molecular complexity index is 536. The first kappa shape index (κ1) is 14.3. The van der Waals surface area contributed by atoms with Gasteiger partial charge in [0.1, 0.15) is 0 Å². The Hall–Kier alpha value is -0.160. The van der Waals surface area contributed by atoms with E-state index in [1.807, 2.05) is 18.4 Å². The Morgan fingerprint density at radius 3 is 2.61 bits per heavy atom. The van der Waals surface area contributed by atoms with Crippen molar-refractivity contribution in [2.45, 2.75) is 19.4 Å². The number of benzene rings is 1. The third-order valence-corrected chi connectivity index (χ3v) is 5.41. The second-order valence-corrected chi connectivity index (χ2v) is 7.30. The van der Waals surface area contributed by atoms with Gasteiger partial charge in [-0.05, 0) is 60.1 Å². The Labute approximate surface area is 129 Å². The van der Waals surface area contributed by atoms with Gasteiger partial charge in [0.2, 0.25) is 0 Å². The molecule has 1 aromatic carbocycles. The zero-order valence-electron chi connectivity index (χ0n) is 10.3. The van der Waals surface area contributed by atoms with Gasteiger partial charge in [-0.15, -0.1) is 11.3 Å². The standard InChI is InChI=1S/C14H15Br2NS/c1-9-6-12(16)14(18-9)13(17-2)8-10-4-3-5-11(15)7-10/h3-7,13,17H,8H2,1-2H3. The average Bonchev–Trinajstić information content (AvgIpc) is 2.65. The first-order valence-corrected chi connectivity index (χ1v) is 8.18. The van der Waals surface area contributed by atoms with Crippen molar-refractivity contribution in [1.82, 2.24) is 5.32 Å². The first-order valence-electron chi connectivity index (χ1n) is 5.77. The van der Waals surface area contributed by atoms with E-state index in [1.165, 1.54) is 19.8 Å². The van der Waals surface area contributed by atoms with Gasteiger partial charge in [-0.3, -0.25) is 0 Å². The summed E-state index contributed by atoms with van der Waals surface area (Å²) in [5.41, 5.74) is 1.33. The molecule has 0 saturated carbocycles. The lowest BCUT2D eigenvalue weighted by Gasteiger charge is -2.15. The minimum Gasteiger partial charge on any atom is -0.312 e. The van der Waals surface area contributed by atoms with Crippen LogP contribution in [0.2, 0.25) is 0 Å². The highest BCUT2D eigenvalue weighted by Gasteiger charge is 2.16. The molecule has 1 unspecified atom stereocenters. The monoisotopic (exact) mass is 387 g/mol. The maximum atomic E-state index is 3.65. The number of hydrogen-bond donors (Lipinski definition) is 1. The summed E-state index contributed by atoms with van der Waals surface area (Å²) in [5, 5.41) is 3.41. The van der Waals surface area contributed by atoms with Crippen LogP contribution in [-0.2, 0) is 6.42 Å². The van der Waals surface area contributed by atoms with E-state index in [4.69, 9.17) is 0 Å². The molecule has 0 bridgehead atoms. The van der Waals surface area contributed by atoms with E-state index in [1.54, 1.807) is 0 Å². The van der Waals surface area contributed by atoms with Crippen LogP contribution in [0.25, 0.3) is 0 Å². The molecule has 1 atom stereocenters. The molecule has 2 rings (SSSR count). The van der Waals surface area contributed by atoms with Crippen LogP contribution in [0, 0.1) is 6.92 Å². The van der Waals surface area contributed by atoms with Gasteiger partial charge in [-0.2, -0.15) is 0 Å². The maximum Gasteiger partial charge on any atom is 0.0464 e. The van der Waals surface area contributed by atoms with Crippen molar-refractivity contribution < 1.29 is 0 Å². The lowest BCUT2D eigenvalue weighted by atomic mass is 10.1. The molecule has 0 saturated heterocycles. The van der Waals surface area contributed by atoms with E-state index in [9.17, 15) is 0 Å². The molecule has 1 aromatic heterocycles. The summed E-state index contributed by atoms with van der Waals surface area (Å²) in [6, 6.07) is 11.0. The van der Waals surface area contributed by atoms with Crippen LogP contribution < -0.4 is 5.32 Å². The van der Waals surface area contributed by atoms with Crippen LogP contribution in [0.15, 0.2) is 39.3 Å². The van der Waals surface area contributed by atoms with E-state index < -0.39 is 0 Å². The average molecular weight is 389 g/mol. The van der Waals surface area contributed by atoms with Crippen LogP contribution in [0.4, 0.5) is 0 Å². The van der Waals surface area contributed by atoms with E-state index in [0.29, 0.717) is 6.04 Å². The highest BCUT2D eigenvalue weighted by molar-refractivity contribution is 9.10. The number of rotatable bonds is 4. The minimum absolute atomic E-state index is 0.354. The third kappa shape index (κ3) is 3.44. The van der Waals surface area contributed by atoms with Crippen molar-refractivity contribution >= 4 is 43.2 Å². The quantitative estimate of drug-likeness (QED) is 0.769. The molecule has 1 heterocycles. The molecule has 1 N–H and O–H groups in total. The Balaban J connectivity index is 2.22. The molecule has 0 radical (unpaired) electrons. The molecule has 2 aromatic rings. The topological polar surface area (TPSA) is 12.0 Å². The van der Waals surface area contributed by atoms with E-state index in [-0.39, 0.29) is 0 Å². The number of halogens is 2. The van der Waals surface area contributed by atoms with Crippen LogP contribution in [-0.4, -0.2) is 7.05 Å². The minimum atomic E-state index is 0.354. The summed E-state index contributed by atoms with van der Waals surface area (Å²) < 4.78 is 2.34. The van der Waals surface area contributed by atoms with E-state index >= 15 is 0 Å². The fraction of sp³-hybridized carbons (Fsp3) is 0.286. The molecule has 1 nitrogen and oxygen atoms in total. The summed E-state index contributed by atoms with van der Waals surface area (Å²) in [6.07, 6.45) is 0.995. The van der Waals surface area contributed by atoms with Gasteiger partial charge in [0.25, 0.3) is 0 Å². The number of hydrogen-bond acceptors (Lipinski definition) is 2. The van der Waals surface area contributed by atoms with Crippen molar-refractivity contribution in [1.29, 1.82) is 0 Å². The molecular formula is C14H15Br2NS. The van der Waals surface area contributed by atoms with Crippen molar-refractivity contribution in [3.8, 4) is 0 Å². The Kier molecular flexibility index (Phi) is 5.01. The summed E-state index contributed by atoms with van der Waals surface area (Å²) in [6.45, 7) is 2.14. The van der Waals surface area contributed by atoms with Gasteiger partial charge in [-0.25, -0.2) is 0 Å². The molecule has 0 fully saturated rings. The van der Waals surface area contributed by atoms with Crippen LogP contribution in [0.3, 0.4) is 0 Å². The third-order valence-electron chi connectivity index (χ3n) is 2.83. The smallest absolute Gasteiger partial charge is 0.0464 e. The molecular weight excluding hydrogens is 374 g/mol. The van der Waals surface area contributed by atoms with Crippen molar-refractivity contribution in [2.75, 3.05) is 7.05 Å². The summed E-state index contributed by atoms with van der Waals surface area (Å²) in [7, 11) is 2.02. The SMILES string of the molecule is CNC(Cc1cccc(Br)c1)c1sc(C)cc1Br. The lowest BCUT2D eigenvalue weighted by Crippen LogP contribution is -2.18. The fourth-order valence-electron chi connectivity index (χ4n) is 1.96. The molecule has 0 aliphatic rings. The van der Waals surface area contributed by atoms with Gasteiger partial charge in [0.05, 0.1) is 0 Å². The van der Waals surface area contributed by atoms with Gasteiger partial charge in [0.15, 0.2) is 0 Å². The van der Waals surface area contributed by atoms with Crippen LogP contribution in [0.1, 0.15) is 21.4 Å². The van der Waals surface area contributed by atoms with Crippen LogP contribution in [0.5, 0.6) is 0 Å². The number of aryl methyl sites for hydroxylation is 1. The van der Waals surface area contributed by atoms with Crippen molar-refractivity contribution in [3.05, 3.63) is 54.6 Å². The number of likely N-dealkylation sites (N-methyl/N-ethyl adjacent to an activating group) is 1. The fourth-order valence-corrected chi connectivity index (χ4v) is 4.45. The summed E-state index contributed by atoms with van der Waals surface area (Å²) in [4.78, 5) is 2.71. The Morgan fingerprint density at radius 2 is 2.06 bits per heavy atom. The first-order chi connectivity index (χ1) is 8.60. The zero-order chi connectivity index (χ0) is 13.1. The highest BCUT2D eigenvalue weighted by atomic mass is 79.9. The van der Waals surface area contributed by atoms with Crippen LogP contribution >= 0.6 is 43.2 Å². The normalized spacial score (nSPS) is 12.7. The number of thiophene rings is 1. The molecule has 18 heavy (non-hydrogen) atoms. The summed E-state index contributed by atoms with van der Waals surface area (Å²) >= 11 is 9.02. The van der Waals surface area contributed by atoms with Gasteiger partial charge in [0, 0.05) is 24.7 Å². The molecule has 4 heteroatoms. The van der Waals surface area contributed by atoms with Crippen molar-refractivity contribution in [3.63, 3.8) is 0 Å². The highest BCUT2D eigenvalue weighted by Crippen LogP contribution is 2.33. The second kappa shape index (κ2) is 6.33. The molecule has 0 aliphatic carbocycles. The predicted molar refractivity (Wildman–Crippen MR) is 86.4 cm³/mol. The zero-order valence-corrected chi connectivity index (χ0v) is 14.3. The van der Waals surface area contributed by atoms with Crippen molar-refractivity contribution in [2.24, 2.45) is 0 Å². The predicted octanol–water partition coefficient (Wildman–Crippen LogP) is 5.08. The lowest BCUT2D eigenvalue weighted by molar-refractivity contribution is 0.600.